The van der Waals surface area contributed by atoms with Gasteiger partial charge in [0.15, 0.2) is 0 Å². The molecular weight excluding hydrogens is 286 g/mol. The van der Waals surface area contributed by atoms with E-state index in [1.165, 1.54) is 6.07 Å². The lowest BCUT2D eigenvalue weighted by atomic mass is 10.0. The van der Waals surface area contributed by atoms with E-state index in [0.717, 1.165) is 5.56 Å². The van der Waals surface area contributed by atoms with Crippen LogP contribution in [0.3, 0.4) is 0 Å². The van der Waals surface area contributed by atoms with Crippen LogP contribution in [-0.2, 0) is 11.2 Å². The molecule has 1 rings (SSSR count). The number of nitro groups is 1. The number of nitrogens with one attached hydrogen (secondary N) is 1. The molecule has 0 heterocycles. The van der Waals surface area contributed by atoms with E-state index in [-0.39, 0.29) is 12.2 Å². The lowest BCUT2D eigenvalue weighted by Crippen LogP contribution is -2.41. The van der Waals surface area contributed by atoms with Gasteiger partial charge in [-0.25, -0.2) is 4.79 Å². The summed E-state index contributed by atoms with van der Waals surface area (Å²) in [7, 11) is 0. The highest BCUT2D eigenvalue weighted by Gasteiger charge is 2.19. The maximum absolute atomic E-state index is 11.5. The molecule has 0 spiro atoms. The summed E-state index contributed by atoms with van der Waals surface area (Å²) in [4.78, 5) is 22.1. The Hall–Kier alpha value is -2.15. The number of alkyl carbamates (subject to hydrolysis) is 1. The number of hydrogen-bond donors (Lipinski definition) is 2. The Morgan fingerprint density at radius 1 is 1.45 bits per heavy atom. The lowest BCUT2D eigenvalue weighted by molar-refractivity contribution is -0.385. The Labute approximate surface area is 130 Å². The molecule has 0 bridgehead atoms. The molecule has 0 aliphatic rings. The second-order valence-corrected chi connectivity index (χ2v) is 6.24. The molecule has 0 aromatic heterocycles. The average Bonchev–Trinajstić information content (AvgIpc) is 2.34. The number of benzene rings is 1. The zero-order chi connectivity index (χ0) is 16.9. The second-order valence-electron chi connectivity index (χ2n) is 6.24. The van der Waals surface area contributed by atoms with E-state index in [9.17, 15) is 14.9 Å². The van der Waals surface area contributed by atoms with Gasteiger partial charge in [0.25, 0.3) is 5.69 Å². The van der Waals surface area contributed by atoms with Gasteiger partial charge in [0.05, 0.1) is 4.92 Å². The van der Waals surface area contributed by atoms with Gasteiger partial charge in [-0.3, -0.25) is 10.1 Å². The zero-order valence-electron chi connectivity index (χ0n) is 13.4. The first-order valence-electron chi connectivity index (χ1n) is 7.05. The number of nitro benzene ring substituents is 1. The van der Waals surface area contributed by atoms with Crippen molar-refractivity contribution in [2.75, 3.05) is 6.54 Å². The fourth-order valence-corrected chi connectivity index (χ4v) is 1.94. The summed E-state index contributed by atoms with van der Waals surface area (Å²) < 4.78 is 5.11. The number of amides is 1. The molecule has 22 heavy (non-hydrogen) atoms. The van der Waals surface area contributed by atoms with Crippen molar-refractivity contribution in [3.05, 3.63) is 39.4 Å². The van der Waals surface area contributed by atoms with E-state index < -0.39 is 22.7 Å². The van der Waals surface area contributed by atoms with Crippen LogP contribution >= 0.6 is 0 Å². The summed E-state index contributed by atoms with van der Waals surface area (Å²) in [5, 5.41) is 13.6. The third-order valence-electron chi connectivity index (χ3n) is 2.82. The predicted molar refractivity (Wildman–Crippen MR) is 83.7 cm³/mol. The summed E-state index contributed by atoms with van der Waals surface area (Å²) in [5.74, 6) is 0. The molecule has 0 saturated heterocycles. The molecule has 3 N–H and O–H groups in total. The standard InChI is InChI=1S/C15H23N3O4/c1-10-5-6-13(18(20)21)11(7-10)8-12(16)9-17-14(19)22-15(2,3)4/h5-7,12H,8-9,16H2,1-4H3,(H,17,19). The fraction of sp³-hybridized carbons (Fsp3) is 0.533. The lowest BCUT2D eigenvalue weighted by Gasteiger charge is -2.20. The molecule has 7 heteroatoms. The number of nitrogens with two attached hydrogens (primary N) is 1. The van der Waals surface area contributed by atoms with Crippen LogP contribution in [0.4, 0.5) is 10.5 Å². The highest BCUT2D eigenvalue weighted by molar-refractivity contribution is 5.67. The minimum absolute atomic E-state index is 0.0401. The molecule has 7 nitrogen and oxygen atoms in total. The smallest absolute Gasteiger partial charge is 0.407 e. The van der Waals surface area contributed by atoms with Gasteiger partial charge in [-0.2, -0.15) is 0 Å². The molecule has 0 saturated carbocycles. The minimum Gasteiger partial charge on any atom is -0.444 e. The van der Waals surface area contributed by atoms with Gasteiger partial charge in [-0.05, 0) is 40.2 Å². The fourth-order valence-electron chi connectivity index (χ4n) is 1.94. The van der Waals surface area contributed by atoms with Crippen molar-refractivity contribution in [3.63, 3.8) is 0 Å². The molecule has 1 aromatic rings. The largest absolute Gasteiger partial charge is 0.444 e. The zero-order valence-corrected chi connectivity index (χ0v) is 13.4. The van der Waals surface area contributed by atoms with E-state index in [1.807, 2.05) is 6.92 Å². The molecular formula is C15H23N3O4. The summed E-state index contributed by atoms with van der Waals surface area (Å²) in [5.41, 5.74) is 6.89. The molecule has 1 unspecified atom stereocenters. The van der Waals surface area contributed by atoms with Gasteiger partial charge in [0.2, 0.25) is 0 Å². The molecule has 1 atom stereocenters. The SMILES string of the molecule is Cc1ccc([N+](=O)[O-])c(CC(N)CNC(=O)OC(C)(C)C)c1. The van der Waals surface area contributed by atoms with E-state index in [4.69, 9.17) is 10.5 Å². The van der Waals surface area contributed by atoms with Crippen molar-refractivity contribution >= 4 is 11.8 Å². The number of nitrogens with zero attached hydrogens (tertiary/aromatic N) is 1. The van der Waals surface area contributed by atoms with Gasteiger partial charge in [-0.15, -0.1) is 0 Å². The molecule has 0 fully saturated rings. The molecule has 1 amide bonds. The first-order valence-corrected chi connectivity index (χ1v) is 7.05. The number of rotatable bonds is 5. The summed E-state index contributed by atoms with van der Waals surface area (Å²) in [6.07, 6.45) is -0.255. The highest BCUT2D eigenvalue weighted by atomic mass is 16.6. The maximum atomic E-state index is 11.5. The van der Waals surface area contributed by atoms with E-state index in [2.05, 4.69) is 5.32 Å². The third-order valence-corrected chi connectivity index (χ3v) is 2.82. The molecule has 122 valence electrons. The third kappa shape index (κ3) is 6.09. The van der Waals surface area contributed by atoms with Gasteiger partial charge in [0, 0.05) is 24.2 Å². The normalized spacial score (nSPS) is 12.6. The first-order chi connectivity index (χ1) is 10.1. The summed E-state index contributed by atoms with van der Waals surface area (Å²) >= 11 is 0. The van der Waals surface area contributed by atoms with Crippen LogP contribution in [0, 0.1) is 17.0 Å². The molecule has 0 radical (unpaired) electrons. The summed E-state index contributed by atoms with van der Waals surface area (Å²) in [6.45, 7) is 7.34. The maximum Gasteiger partial charge on any atom is 0.407 e. The number of hydrogen-bond acceptors (Lipinski definition) is 5. The van der Waals surface area contributed by atoms with Crippen molar-refractivity contribution in [1.29, 1.82) is 0 Å². The Morgan fingerprint density at radius 3 is 2.64 bits per heavy atom. The Balaban J connectivity index is 2.62. The average molecular weight is 309 g/mol. The van der Waals surface area contributed by atoms with Crippen molar-refractivity contribution in [1.82, 2.24) is 5.32 Å². The quantitative estimate of drug-likeness (QED) is 0.641. The van der Waals surface area contributed by atoms with Gasteiger partial charge in [0.1, 0.15) is 5.60 Å². The second kappa shape index (κ2) is 7.22. The van der Waals surface area contributed by atoms with Crippen LogP contribution in [0.25, 0.3) is 0 Å². The Kier molecular flexibility index (Phi) is 5.87. The van der Waals surface area contributed by atoms with Gasteiger partial charge < -0.3 is 15.8 Å². The Bertz CT molecular complexity index is 552. The van der Waals surface area contributed by atoms with E-state index in [1.54, 1.807) is 32.9 Å². The van der Waals surface area contributed by atoms with Crippen molar-refractivity contribution < 1.29 is 14.5 Å². The predicted octanol–water partition coefficient (Wildman–Crippen LogP) is 2.30. The number of aryl methyl sites for hydroxylation is 1. The van der Waals surface area contributed by atoms with Crippen LogP contribution in [0.2, 0.25) is 0 Å². The van der Waals surface area contributed by atoms with Crippen LogP contribution < -0.4 is 11.1 Å². The van der Waals surface area contributed by atoms with Crippen LogP contribution in [-0.4, -0.2) is 29.2 Å². The van der Waals surface area contributed by atoms with E-state index >= 15 is 0 Å². The highest BCUT2D eigenvalue weighted by Crippen LogP contribution is 2.21. The number of carbonyl (C=O) groups is 1. The van der Waals surface area contributed by atoms with Gasteiger partial charge >= 0.3 is 6.09 Å². The molecule has 0 aliphatic heterocycles. The Morgan fingerprint density at radius 2 is 2.09 bits per heavy atom. The molecule has 1 aromatic carbocycles. The first kappa shape index (κ1) is 17.9. The topological polar surface area (TPSA) is 107 Å². The van der Waals surface area contributed by atoms with Crippen molar-refractivity contribution in [2.45, 2.75) is 45.8 Å². The number of ether oxygens (including phenoxy) is 1. The van der Waals surface area contributed by atoms with Crippen molar-refractivity contribution in [2.24, 2.45) is 5.73 Å². The van der Waals surface area contributed by atoms with Crippen molar-refractivity contribution in [3.8, 4) is 0 Å². The monoisotopic (exact) mass is 309 g/mol. The van der Waals surface area contributed by atoms with Crippen LogP contribution in [0.1, 0.15) is 31.9 Å². The molecule has 0 aliphatic carbocycles. The number of carbonyl (C=O) groups excluding carboxylic acids is 1. The van der Waals surface area contributed by atoms with E-state index in [0.29, 0.717) is 12.0 Å². The van der Waals surface area contributed by atoms with Gasteiger partial charge in [-0.1, -0.05) is 11.6 Å². The summed E-state index contributed by atoms with van der Waals surface area (Å²) in [6, 6.07) is 4.46. The van der Waals surface area contributed by atoms with Crippen LogP contribution in [0.15, 0.2) is 18.2 Å². The minimum atomic E-state index is -0.580. The van der Waals surface area contributed by atoms with Crippen LogP contribution in [0.5, 0.6) is 0 Å².